The molecule has 1 atom stereocenters. The molecule has 1 aliphatic heterocycles. The quantitative estimate of drug-likeness (QED) is 0.882. The number of nitrogens with one attached hydrogen (secondary N) is 1. The zero-order chi connectivity index (χ0) is 14.9. The molecule has 1 saturated heterocycles. The Morgan fingerprint density at radius 1 is 1.45 bits per heavy atom. The van der Waals surface area contributed by atoms with Crippen molar-refractivity contribution in [1.82, 2.24) is 10.2 Å². The third-order valence-electron chi connectivity index (χ3n) is 3.72. The van der Waals surface area contributed by atoms with E-state index in [1.807, 2.05) is 6.92 Å². The van der Waals surface area contributed by atoms with E-state index in [9.17, 15) is 9.59 Å². The second-order valence-corrected chi connectivity index (χ2v) is 6.45. The fourth-order valence-electron chi connectivity index (χ4n) is 2.46. The van der Waals surface area contributed by atoms with Gasteiger partial charge in [-0.3, -0.25) is 9.59 Å². The fourth-order valence-corrected chi connectivity index (χ4v) is 3.03. The van der Waals surface area contributed by atoms with Crippen molar-refractivity contribution in [3.63, 3.8) is 0 Å². The summed E-state index contributed by atoms with van der Waals surface area (Å²) < 4.78 is 0.693. The number of halogens is 2. The molecule has 1 N–H and O–H groups in total. The van der Waals surface area contributed by atoms with Gasteiger partial charge in [0.05, 0.1) is 16.0 Å². The van der Waals surface area contributed by atoms with Crippen LogP contribution in [0.4, 0.5) is 0 Å². The van der Waals surface area contributed by atoms with E-state index in [4.69, 9.17) is 11.6 Å². The summed E-state index contributed by atoms with van der Waals surface area (Å²) in [5.74, 6) is -0.169. The lowest BCUT2D eigenvalue weighted by Gasteiger charge is -2.23. The Morgan fingerprint density at radius 3 is 2.80 bits per heavy atom. The minimum absolute atomic E-state index is 0.0341. The summed E-state index contributed by atoms with van der Waals surface area (Å²) >= 11 is 9.47. The first-order valence-electron chi connectivity index (χ1n) is 6.34. The standard InChI is InChI=1S/C14H16BrClN2O2/c1-14(13(20)17-2)6-7-18(8-14)12(19)9-4-3-5-10(15)11(9)16/h3-5H,6-8H2,1-2H3,(H,17,20). The van der Waals surface area contributed by atoms with Gasteiger partial charge in [-0.1, -0.05) is 17.7 Å². The number of likely N-dealkylation sites (tertiary alicyclic amines) is 1. The molecule has 1 aromatic rings. The lowest BCUT2D eigenvalue weighted by atomic mass is 9.89. The topological polar surface area (TPSA) is 49.4 Å². The first kappa shape index (κ1) is 15.3. The molecule has 1 heterocycles. The number of rotatable bonds is 2. The van der Waals surface area contributed by atoms with E-state index in [2.05, 4.69) is 21.2 Å². The van der Waals surface area contributed by atoms with Gasteiger partial charge in [0.2, 0.25) is 5.91 Å². The van der Waals surface area contributed by atoms with Crippen LogP contribution in [0.15, 0.2) is 22.7 Å². The predicted octanol–water partition coefficient (Wildman–Crippen LogP) is 2.70. The zero-order valence-corrected chi connectivity index (χ0v) is 13.7. The normalized spacial score (nSPS) is 21.9. The van der Waals surface area contributed by atoms with Gasteiger partial charge < -0.3 is 10.2 Å². The maximum absolute atomic E-state index is 12.5. The molecule has 2 amide bonds. The molecule has 4 nitrogen and oxygen atoms in total. The van der Waals surface area contributed by atoms with E-state index in [1.165, 1.54) is 0 Å². The van der Waals surface area contributed by atoms with Crippen LogP contribution in [0.25, 0.3) is 0 Å². The first-order valence-corrected chi connectivity index (χ1v) is 7.51. The van der Waals surface area contributed by atoms with Crippen molar-refractivity contribution >= 4 is 39.3 Å². The van der Waals surface area contributed by atoms with Gasteiger partial charge >= 0.3 is 0 Å². The van der Waals surface area contributed by atoms with Gasteiger partial charge in [-0.15, -0.1) is 0 Å². The van der Waals surface area contributed by atoms with Gasteiger partial charge in [-0.2, -0.15) is 0 Å². The Morgan fingerprint density at radius 2 is 2.15 bits per heavy atom. The Labute approximate surface area is 131 Å². The van der Waals surface area contributed by atoms with Gasteiger partial charge in [-0.05, 0) is 41.4 Å². The zero-order valence-electron chi connectivity index (χ0n) is 11.4. The van der Waals surface area contributed by atoms with Gasteiger partial charge in [0.25, 0.3) is 5.91 Å². The summed E-state index contributed by atoms with van der Waals surface area (Å²) in [4.78, 5) is 26.1. The highest BCUT2D eigenvalue weighted by molar-refractivity contribution is 9.10. The summed E-state index contributed by atoms with van der Waals surface area (Å²) in [6.07, 6.45) is 0.657. The molecule has 20 heavy (non-hydrogen) atoms. The molecular formula is C14H16BrClN2O2. The number of nitrogens with zero attached hydrogens (tertiary/aromatic N) is 1. The third kappa shape index (κ3) is 2.69. The molecule has 1 aromatic carbocycles. The van der Waals surface area contributed by atoms with Gasteiger partial charge in [-0.25, -0.2) is 0 Å². The van der Waals surface area contributed by atoms with Crippen molar-refractivity contribution in [2.24, 2.45) is 5.41 Å². The SMILES string of the molecule is CNC(=O)C1(C)CCN(C(=O)c2cccc(Br)c2Cl)C1. The molecule has 0 bridgehead atoms. The van der Waals surface area contributed by atoms with Crippen molar-refractivity contribution in [2.75, 3.05) is 20.1 Å². The van der Waals surface area contributed by atoms with Crippen LogP contribution in [0.1, 0.15) is 23.7 Å². The monoisotopic (exact) mass is 358 g/mol. The van der Waals surface area contributed by atoms with Crippen molar-refractivity contribution in [2.45, 2.75) is 13.3 Å². The highest BCUT2D eigenvalue weighted by atomic mass is 79.9. The minimum atomic E-state index is -0.525. The highest BCUT2D eigenvalue weighted by Crippen LogP contribution is 2.33. The summed E-state index contributed by atoms with van der Waals surface area (Å²) in [5, 5.41) is 3.07. The summed E-state index contributed by atoms with van der Waals surface area (Å²) in [6, 6.07) is 5.26. The van der Waals surface area contributed by atoms with Gasteiger partial charge in [0.1, 0.15) is 0 Å². The molecule has 0 spiro atoms. The van der Waals surface area contributed by atoms with Crippen LogP contribution < -0.4 is 5.32 Å². The molecule has 0 radical (unpaired) electrons. The van der Waals surface area contributed by atoms with Crippen LogP contribution in [-0.2, 0) is 4.79 Å². The molecule has 0 aromatic heterocycles. The number of carbonyl (C=O) groups is 2. The number of amides is 2. The van der Waals surface area contributed by atoms with Crippen molar-refractivity contribution in [3.05, 3.63) is 33.3 Å². The van der Waals surface area contributed by atoms with E-state index >= 15 is 0 Å². The fraction of sp³-hybridized carbons (Fsp3) is 0.429. The number of hydrogen-bond donors (Lipinski definition) is 1. The van der Waals surface area contributed by atoms with E-state index in [-0.39, 0.29) is 11.8 Å². The van der Waals surface area contributed by atoms with Crippen LogP contribution >= 0.6 is 27.5 Å². The van der Waals surface area contributed by atoms with Crippen LogP contribution in [0.2, 0.25) is 5.02 Å². The molecule has 6 heteroatoms. The average molecular weight is 360 g/mol. The summed E-state index contributed by atoms with van der Waals surface area (Å²) in [7, 11) is 1.61. The number of hydrogen-bond acceptors (Lipinski definition) is 2. The molecule has 108 valence electrons. The molecule has 0 saturated carbocycles. The lowest BCUT2D eigenvalue weighted by Crippen LogP contribution is -2.40. The van der Waals surface area contributed by atoms with Gasteiger partial charge in [0, 0.05) is 24.6 Å². The highest BCUT2D eigenvalue weighted by Gasteiger charge is 2.41. The molecule has 0 aliphatic carbocycles. The van der Waals surface area contributed by atoms with E-state index in [0.29, 0.717) is 34.6 Å². The van der Waals surface area contributed by atoms with Crippen molar-refractivity contribution in [1.29, 1.82) is 0 Å². The van der Waals surface area contributed by atoms with Gasteiger partial charge in [0.15, 0.2) is 0 Å². The predicted molar refractivity (Wildman–Crippen MR) is 81.8 cm³/mol. The Bertz CT molecular complexity index is 564. The second-order valence-electron chi connectivity index (χ2n) is 5.22. The number of benzene rings is 1. The Balaban J connectivity index is 2.20. The summed E-state index contributed by atoms with van der Waals surface area (Å²) in [6.45, 7) is 2.85. The molecule has 1 unspecified atom stereocenters. The van der Waals surface area contributed by atoms with Crippen molar-refractivity contribution in [3.8, 4) is 0 Å². The Hall–Kier alpha value is -1.07. The van der Waals surface area contributed by atoms with Crippen LogP contribution in [-0.4, -0.2) is 36.9 Å². The molecule has 1 aliphatic rings. The van der Waals surface area contributed by atoms with E-state index in [1.54, 1.807) is 30.1 Å². The largest absolute Gasteiger partial charge is 0.359 e. The number of carbonyl (C=O) groups excluding carboxylic acids is 2. The molecule has 2 rings (SSSR count). The van der Waals surface area contributed by atoms with Crippen LogP contribution in [0.5, 0.6) is 0 Å². The second kappa shape index (κ2) is 5.74. The van der Waals surface area contributed by atoms with E-state index in [0.717, 1.165) is 0 Å². The minimum Gasteiger partial charge on any atom is -0.359 e. The Kier molecular flexibility index (Phi) is 4.39. The van der Waals surface area contributed by atoms with Crippen molar-refractivity contribution < 1.29 is 9.59 Å². The average Bonchev–Trinajstić information content (AvgIpc) is 2.84. The maximum Gasteiger partial charge on any atom is 0.255 e. The lowest BCUT2D eigenvalue weighted by molar-refractivity contribution is -0.128. The first-order chi connectivity index (χ1) is 9.39. The maximum atomic E-state index is 12.5. The smallest absolute Gasteiger partial charge is 0.255 e. The van der Waals surface area contributed by atoms with Crippen LogP contribution in [0.3, 0.4) is 0 Å². The third-order valence-corrected chi connectivity index (χ3v) is 5.01. The molecule has 1 fully saturated rings. The van der Waals surface area contributed by atoms with Crippen LogP contribution in [0, 0.1) is 5.41 Å². The van der Waals surface area contributed by atoms with E-state index < -0.39 is 5.41 Å². The molecular weight excluding hydrogens is 344 g/mol. The summed E-state index contributed by atoms with van der Waals surface area (Å²) in [5.41, 5.74) is -0.0645.